The van der Waals surface area contributed by atoms with Crippen LogP contribution in [0.3, 0.4) is 0 Å². The number of fused-ring (bicyclic) bond motifs is 3. The predicted molar refractivity (Wildman–Crippen MR) is 176 cm³/mol. The van der Waals surface area contributed by atoms with Crippen LogP contribution in [-0.2, 0) is 6.37 Å². The number of pyridine rings is 1. The van der Waals surface area contributed by atoms with Crippen molar-refractivity contribution in [3.63, 3.8) is 0 Å². The molecule has 0 spiro atoms. The molecule has 0 saturated heterocycles. The van der Waals surface area contributed by atoms with E-state index in [1.165, 1.54) is 22.3 Å². The molecule has 0 amide bonds. The van der Waals surface area contributed by atoms with E-state index in [1.54, 1.807) is 12.3 Å². The zero-order valence-corrected chi connectivity index (χ0v) is 24.1. The summed E-state index contributed by atoms with van der Waals surface area (Å²) >= 11 is 0. The van der Waals surface area contributed by atoms with Crippen LogP contribution in [0.15, 0.2) is 138 Å². The number of furan rings is 1. The van der Waals surface area contributed by atoms with Crippen LogP contribution in [0.25, 0.3) is 66.6 Å². The van der Waals surface area contributed by atoms with Crippen molar-refractivity contribution < 1.29 is 7.16 Å². The zero-order valence-electron chi connectivity index (χ0n) is 26.1. The van der Waals surface area contributed by atoms with Crippen molar-refractivity contribution in [1.82, 2.24) is 4.98 Å². The standard InChI is InChI=1S/C40H33NO/c1-40(2,3)26-27-22-23-41-37(24-27)36-11-7-10-35-34-21-20-33(25-38(34)42-39(35)36)32-18-16-31(17-19-32)30-14-12-29(13-15-30)28-8-5-4-6-9-28/h4-25H,26H2,1-3H3/i26D2. The Morgan fingerprint density at radius 2 is 1.19 bits per heavy atom. The molecule has 2 heterocycles. The molecule has 0 unspecified atom stereocenters. The van der Waals surface area contributed by atoms with Gasteiger partial charge in [-0.15, -0.1) is 0 Å². The van der Waals surface area contributed by atoms with Crippen molar-refractivity contribution in [2.24, 2.45) is 5.41 Å². The van der Waals surface area contributed by atoms with Gasteiger partial charge in [0, 0.05) is 25.3 Å². The topological polar surface area (TPSA) is 26.0 Å². The highest BCUT2D eigenvalue weighted by atomic mass is 16.3. The third-order valence-corrected chi connectivity index (χ3v) is 7.60. The number of nitrogens with zero attached hydrogens (tertiary/aromatic N) is 1. The Kier molecular flexibility index (Phi) is 5.91. The van der Waals surface area contributed by atoms with E-state index in [9.17, 15) is 0 Å². The summed E-state index contributed by atoms with van der Waals surface area (Å²) in [6.45, 7) is 5.75. The zero-order chi connectivity index (χ0) is 30.5. The Balaban J connectivity index is 1.20. The van der Waals surface area contributed by atoms with Crippen molar-refractivity contribution in [3.05, 3.63) is 139 Å². The first-order valence-electron chi connectivity index (χ1n) is 15.4. The van der Waals surface area contributed by atoms with Gasteiger partial charge in [-0.05, 0) is 81.1 Å². The monoisotopic (exact) mass is 545 g/mol. The van der Waals surface area contributed by atoms with E-state index in [1.807, 2.05) is 45.0 Å². The maximum Gasteiger partial charge on any atom is 0.144 e. The highest BCUT2D eigenvalue weighted by Gasteiger charge is 2.16. The van der Waals surface area contributed by atoms with Gasteiger partial charge in [0.2, 0.25) is 0 Å². The fourth-order valence-electron chi connectivity index (χ4n) is 5.61. The van der Waals surface area contributed by atoms with E-state index in [-0.39, 0.29) is 0 Å². The summed E-state index contributed by atoms with van der Waals surface area (Å²) < 4.78 is 24.0. The minimum Gasteiger partial charge on any atom is -0.455 e. The van der Waals surface area contributed by atoms with Crippen molar-refractivity contribution in [2.75, 3.05) is 0 Å². The molecular formula is C40H33NO. The molecule has 0 aliphatic carbocycles. The van der Waals surface area contributed by atoms with Crippen molar-refractivity contribution in [3.8, 4) is 44.6 Å². The molecule has 0 radical (unpaired) electrons. The highest BCUT2D eigenvalue weighted by molar-refractivity contribution is 6.10. The molecule has 7 aromatic rings. The summed E-state index contributed by atoms with van der Waals surface area (Å²) in [6, 6.07) is 43.9. The average molecular weight is 546 g/mol. The summed E-state index contributed by atoms with van der Waals surface area (Å²) in [5.74, 6) is 0. The number of hydrogen-bond donors (Lipinski definition) is 0. The molecule has 0 aliphatic rings. The summed E-state index contributed by atoms with van der Waals surface area (Å²) in [5, 5.41) is 2.06. The Morgan fingerprint density at radius 3 is 1.83 bits per heavy atom. The molecule has 0 bridgehead atoms. The lowest BCUT2D eigenvalue weighted by Crippen LogP contribution is -2.09. The molecule has 0 fully saturated rings. The van der Waals surface area contributed by atoms with E-state index >= 15 is 0 Å². The van der Waals surface area contributed by atoms with Crippen molar-refractivity contribution in [2.45, 2.75) is 27.1 Å². The lowest BCUT2D eigenvalue weighted by molar-refractivity contribution is 0.411. The SMILES string of the molecule is [2H]C([2H])(c1ccnc(-c2cccc3c2oc2cc(-c4ccc(-c5ccc(-c6ccccc6)cc5)cc4)ccc23)c1)C(C)(C)C. The highest BCUT2D eigenvalue weighted by Crippen LogP contribution is 2.37. The van der Waals surface area contributed by atoms with Gasteiger partial charge in [-0.25, -0.2) is 0 Å². The Hall–Kier alpha value is -4.95. The number of rotatable bonds is 5. The van der Waals surface area contributed by atoms with Crippen LogP contribution in [0.5, 0.6) is 0 Å². The smallest absolute Gasteiger partial charge is 0.144 e. The molecule has 42 heavy (non-hydrogen) atoms. The second-order valence-electron chi connectivity index (χ2n) is 11.8. The van der Waals surface area contributed by atoms with Gasteiger partial charge in [0.1, 0.15) is 11.2 Å². The molecule has 2 heteroatoms. The first-order chi connectivity index (χ1) is 21.2. The predicted octanol–water partition coefficient (Wildman–Crippen LogP) is 11.2. The average Bonchev–Trinajstić information content (AvgIpc) is 3.43. The molecule has 2 aromatic heterocycles. The molecule has 0 N–H and O–H groups in total. The number of aromatic nitrogens is 1. The third kappa shape index (κ3) is 5.12. The van der Waals surface area contributed by atoms with E-state index in [0.717, 1.165) is 38.6 Å². The molecule has 0 aliphatic heterocycles. The van der Waals surface area contributed by atoms with E-state index < -0.39 is 11.8 Å². The van der Waals surface area contributed by atoms with Crippen LogP contribution in [0.4, 0.5) is 0 Å². The molecule has 0 atom stereocenters. The molecule has 2 nitrogen and oxygen atoms in total. The van der Waals surface area contributed by atoms with Crippen LogP contribution in [-0.4, -0.2) is 4.98 Å². The van der Waals surface area contributed by atoms with E-state index in [0.29, 0.717) is 11.3 Å². The fourth-order valence-corrected chi connectivity index (χ4v) is 5.61. The summed E-state index contributed by atoms with van der Waals surface area (Å²) in [5.41, 5.74) is 10.2. The molecule has 5 aromatic carbocycles. The van der Waals surface area contributed by atoms with E-state index in [4.69, 9.17) is 7.16 Å². The van der Waals surface area contributed by atoms with Gasteiger partial charge in [0.05, 0.1) is 5.69 Å². The lowest BCUT2D eigenvalue weighted by atomic mass is 9.88. The van der Waals surface area contributed by atoms with E-state index in [2.05, 4.69) is 102 Å². The quantitative estimate of drug-likeness (QED) is 0.215. The maximum atomic E-state index is 8.75. The molecule has 204 valence electrons. The molecular weight excluding hydrogens is 510 g/mol. The van der Waals surface area contributed by atoms with Crippen LogP contribution in [0.1, 0.15) is 29.1 Å². The Morgan fingerprint density at radius 1 is 0.595 bits per heavy atom. The van der Waals surface area contributed by atoms with Crippen molar-refractivity contribution in [1.29, 1.82) is 0 Å². The minimum absolute atomic E-state index is 0.557. The molecule has 7 rings (SSSR count). The summed E-state index contributed by atoms with van der Waals surface area (Å²) in [6.07, 6.45) is 0.178. The van der Waals surface area contributed by atoms with Crippen LogP contribution < -0.4 is 0 Å². The number of benzene rings is 5. The molecule has 0 saturated carbocycles. The fraction of sp³-hybridized carbons (Fsp3) is 0.125. The second kappa shape index (κ2) is 10.5. The normalized spacial score (nSPS) is 12.8. The van der Waals surface area contributed by atoms with Crippen LogP contribution in [0, 0.1) is 5.41 Å². The van der Waals surface area contributed by atoms with Gasteiger partial charge in [-0.1, -0.05) is 118 Å². The van der Waals surface area contributed by atoms with Gasteiger partial charge in [-0.2, -0.15) is 0 Å². The second-order valence-corrected chi connectivity index (χ2v) is 11.8. The van der Waals surface area contributed by atoms with Crippen molar-refractivity contribution >= 4 is 21.9 Å². The summed E-state index contributed by atoms with van der Waals surface area (Å²) in [7, 11) is 0. The Labute approximate surface area is 250 Å². The lowest BCUT2D eigenvalue weighted by Gasteiger charge is -2.18. The van der Waals surface area contributed by atoms with Gasteiger partial charge in [-0.3, -0.25) is 4.98 Å². The first kappa shape index (κ1) is 23.7. The van der Waals surface area contributed by atoms with Crippen LogP contribution >= 0.6 is 0 Å². The van der Waals surface area contributed by atoms with Gasteiger partial charge in [0.15, 0.2) is 0 Å². The number of hydrogen-bond acceptors (Lipinski definition) is 2. The third-order valence-electron chi connectivity index (χ3n) is 7.60. The largest absolute Gasteiger partial charge is 0.455 e. The van der Waals surface area contributed by atoms with Crippen LogP contribution in [0.2, 0.25) is 0 Å². The van der Waals surface area contributed by atoms with Gasteiger partial charge >= 0.3 is 0 Å². The Bertz CT molecular complexity index is 2100. The van der Waals surface area contributed by atoms with Gasteiger partial charge in [0.25, 0.3) is 0 Å². The number of para-hydroxylation sites is 1. The van der Waals surface area contributed by atoms with Gasteiger partial charge < -0.3 is 4.42 Å². The minimum atomic E-state index is -1.51. The summed E-state index contributed by atoms with van der Waals surface area (Å²) in [4.78, 5) is 4.62. The first-order valence-corrected chi connectivity index (χ1v) is 14.4. The maximum absolute atomic E-state index is 8.75.